The average Bonchev–Trinajstić information content (AvgIpc) is 2.30. The van der Waals surface area contributed by atoms with Gasteiger partial charge < -0.3 is 21.5 Å². The summed E-state index contributed by atoms with van der Waals surface area (Å²) in [6.45, 7) is 3.87. The van der Waals surface area contributed by atoms with Crippen molar-refractivity contribution < 1.29 is 19.1 Å². The summed E-state index contributed by atoms with van der Waals surface area (Å²) in [4.78, 5) is 22.3. The number of hydrogen-bond acceptors (Lipinski definition) is 4. The highest BCUT2D eigenvalue weighted by molar-refractivity contribution is 5.94. The van der Waals surface area contributed by atoms with Crippen LogP contribution in [0.5, 0.6) is 0 Å². The summed E-state index contributed by atoms with van der Waals surface area (Å²) in [5.74, 6) is -2.05. The van der Waals surface area contributed by atoms with Gasteiger partial charge in [-0.3, -0.25) is 4.79 Å². The van der Waals surface area contributed by atoms with Crippen molar-refractivity contribution in [2.24, 2.45) is 0 Å². The van der Waals surface area contributed by atoms with Crippen LogP contribution in [0.2, 0.25) is 0 Å². The number of rotatable bonds is 6. The summed E-state index contributed by atoms with van der Waals surface area (Å²) in [6.07, 6.45) is 0.157. The highest BCUT2D eigenvalue weighted by Crippen LogP contribution is 2.22. The van der Waals surface area contributed by atoms with E-state index in [1.54, 1.807) is 0 Å². The summed E-state index contributed by atoms with van der Waals surface area (Å²) in [5, 5.41) is 14.3. The Morgan fingerprint density at radius 3 is 2.60 bits per heavy atom. The largest absolute Gasteiger partial charge is 0.478 e. The second-order valence-electron chi connectivity index (χ2n) is 4.62. The third-order valence-corrected chi connectivity index (χ3v) is 2.49. The SMILES string of the molecule is CC(C)NC(=O)CCNc1cc(C(=O)O)c(N)cc1F. The first-order valence-electron chi connectivity index (χ1n) is 6.16. The van der Waals surface area contributed by atoms with Gasteiger partial charge in [0, 0.05) is 24.7 Å². The average molecular weight is 283 g/mol. The van der Waals surface area contributed by atoms with Crippen molar-refractivity contribution in [1.82, 2.24) is 5.32 Å². The van der Waals surface area contributed by atoms with Gasteiger partial charge in [-0.05, 0) is 26.0 Å². The third kappa shape index (κ3) is 4.42. The van der Waals surface area contributed by atoms with Crippen molar-refractivity contribution in [3.8, 4) is 0 Å². The zero-order chi connectivity index (χ0) is 15.3. The van der Waals surface area contributed by atoms with E-state index in [1.165, 1.54) is 0 Å². The van der Waals surface area contributed by atoms with E-state index in [2.05, 4.69) is 10.6 Å². The number of carboxylic acid groups (broad SMARTS) is 1. The second kappa shape index (κ2) is 6.74. The lowest BCUT2D eigenvalue weighted by Crippen LogP contribution is -2.31. The fourth-order valence-electron chi connectivity index (χ4n) is 1.61. The normalized spacial score (nSPS) is 10.4. The van der Waals surface area contributed by atoms with E-state index in [9.17, 15) is 14.0 Å². The van der Waals surface area contributed by atoms with E-state index < -0.39 is 11.8 Å². The van der Waals surface area contributed by atoms with E-state index in [0.29, 0.717) is 0 Å². The molecule has 6 nitrogen and oxygen atoms in total. The molecule has 110 valence electrons. The molecule has 1 aromatic carbocycles. The van der Waals surface area contributed by atoms with Gasteiger partial charge in [-0.2, -0.15) is 0 Å². The standard InChI is InChI=1S/C13H18FN3O3/c1-7(2)17-12(18)3-4-16-11-5-8(13(19)20)10(15)6-9(11)14/h5-7,16H,3-4,15H2,1-2H3,(H,17,18)(H,19,20). The van der Waals surface area contributed by atoms with Gasteiger partial charge in [0.15, 0.2) is 0 Å². The van der Waals surface area contributed by atoms with Crippen LogP contribution in [0.3, 0.4) is 0 Å². The zero-order valence-electron chi connectivity index (χ0n) is 11.4. The molecular formula is C13H18FN3O3. The summed E-state index contributed by atoms with van der Waals surface area (Å²) >= 11 is 0. The first-order chi connectivity index (χ1) is 9.31. The molecule has 0 saturated carbocycles. The van der Waals surface area contributed by atoms with E-state index in [4.69, 9.17) is 10.8 Å². The highest BCUT2D eigenvalue weighted by atomic mass is 19.1. The molecule has 0 heterocycles. The third-order valence-electron chi connectivity index (χ3n) is 2.49. The van der Waals surface area contributed by atoms with Crippen LogP contribution in [-0.2, 0) is 4.79 Å². The topological polar surface area (TPSA) is 104 Å². The molecular weight excluding hydrogens is 265 g/mol. The van der Waals surface area contributed by atoms with Crippen molar-refractivity contribution in [2.45, 2.75) is 26.3 Å². The van der Waals surface area contributed by atoms with Crippen LogP contribution in [0.4, 0.5) is 15.8 Å². The molecule has 1 rings (SSSR count). The quantitative estimate of drug-likeness (QED) is 0.591. The number of nitrogens with two attached hydrogens (primary N) is 1. The van der Waals surface area contributed by atoms with E-state index in [0.717, 1.165) is 12.1 Å². The fourth-order valence-corrected chi connectivity index (χ4v) is 1.61. The number of halogens is 1. The minimum atomic E-state index is -1.23. The number of anilines is 2. The van der Waals surface area contributed by atoms with Crippen LogP contribution in [0.25, 0.3) is 0 Å². The number of nitrogen functional groups attached to an aromatic ring is 1. The van der Waals surface area contributed by atoms with E-state index in [1.807, 2.05) is 13.8 Å². The van der Waals surface area contributed by atoms with Crippen molar-refractivity contribution in [3.63, 3.8) is 0 Å². The van der Waals surface area contributed by atoms with Crippen LogP contribution in [0.15, 0.2) is 12.1 Å². The van der Waals surface area contributed by atoms with Crippen molar-refractivity contribution >= 4 is 23.3 Å². The van der Waals surface area contributed by atoms with Gasteiger partial charge in [-0.1, -0.05) is 0 Å². The number of aromatic carboxylic acids is 1. The van der Waals surface area contributed by atoms with Gasteiger partial charge in [0.25, 0.3) is 0 Å². The van der Waals surface area contributed by atoms with E-state index in [-0.39, 0.29) is 41.9 Å². The van der Waals surface area contributed by atoms with Crippen LogP contribution < -0.4 is 16.4 Å². The lowest BCUT2D eigenvalue weighted by atomic mass is 10.1. The van der Waals surface area contributed by atoms with Crippen LogP contribution in [0.1, 0.15) is 30.6 Å². The molecule has 20 heavy (non-hydrogen) atoms. The van der Waals surface area contributed by atoms with Gasteiger partial charge in [0.05, 0.1) is 11.3 Å². The van der Waals surface area contributed by atoms with E-state index >= 15 is 0 Å². The summed E-state index contributed by atoms with van der Waals surface area (Å²) in [5.41, 5.74) is 5.10. The first-order valence-corrected chi connectivity index (χ1v) is 6.16. The molecule has 0 aliphatic carbocycles. The summed E-state index contributed by atoms with van der Waals surface area (Å²) in [7, 11) is 0. The fraction of sp³-hybridized carbons (Fsp3) is 0.385. The van der Waals surface area contributed by atoms with Crippen LogP contribution in [0, 0.1) is 5.82 Å². The molecule has 0 aliphatic heterocycles. The maximum Gasteiger partial charge on any atom is 0.337 e. The van der Waals surface area contributed by atoms with Crippen LogP contribution in [-0.4, -0.2) is 29.6 Å². The van der Waals surface area contributed by atoms with Gasteiger partial charge in [0.1, 0.15) is 5.82 Å². The van der Waals surface area contributed by atoms with Crippen molar-refractivity contribution in [3.05, 3.63) is 23.5 Å². The van der Waals surface area contributed by atoms with Crippen LogP contribution >= 0.6 is 0 Å². The highest BCUT2D eigenvalue weighted by Gasteiger charge is 2.13. The molecule has 0 aromatic heterocycles. The molecule has 0 unspecified atom stereocenters. The smallest absolute Gasteiger partial charge is 0.337 e. The molecule has 0 fully saturated rings. The maximum absolute atomic E-state index is 13.6. The number of carbonyl (C=O) groups excluding carboxylic acids is 1. The maximum atomic E-state index is 13.6. The van der Waals surface area contributed by atoms with Crippen molar-refractivity contribution in [1.29, 1.82) is 0 Å². The Bertz CT molecular complexity index is 518. The molecule has 0 aliphatic rings. The van der Waals surface area contributed by atoms with Gasteiger partial charge in [-0.15, -0.1) is 0 Å². The summed E-state index contributed by atoms with van der Waals surface area (Å²) in [6, 6.07) is 2.10. The van der Waals surface area contributed by atoms with Gasteiger partial charge in [0.2, 0.25) is 5.91 Å². The Balaban J connectivity index is 2.66. The molecule has 1 aromatic rings. The number of carbonyl (C=O) groups is 2. The molecule has 0 radical (unpaired) electrons. The Morgan fingerprint density at radius 2 is 2.05 bits per heavy atom. The monoisotopic (exact) mass is 283 g/mol. The molecule has 1 amide bonds. The minimum absolute atomic E-state index is 0.00828. The molecule has 0 spiro atoms. The van der Waals surface area contributed by atoms with Gasteiger partial charge >= 0.3 is 5.97 Å². The molecule has 5 N–H and O–H groups in total. The molecule has 0 saturated heterocycles. The zero-order valence-corrected chi connectivity index (χ0v) is 11.4. The predicted molar refractivity (Wildman–Crippen MR) is 74.2 cm³/mol. The Labute approximate surface area is 116 Å². The lowest BCUT2D eigenvalue weighted by molar-refractivity contribution is -0.121. The number of amides is 1. The second-order valence-corrected chi connectivity index (χ2v) is 4.62. The van der Waals surface area contributed by atoms with Gasteiger partial charge in [-0.25, -0.2) is 9.18 Å². The molecule has 0 atom stereocenters. The number of nitrogens with one attached hydrogen (secondary N) is 2. The minimum Gasteiger partial charge on any atom is -0.478 e. The summed E-state index contributed by atoms with van der Waals surface area (Å²) < 4.78 is 13.6. The predicted octanol–water partition coefficient (Wildman–Crippen LogP) is 1.43. The number of carboxylic acids is 1. The van der Waals surface area contributed by atoms with Crippen molar-refractivity contribution in [2.75, 3.05) is 17.6 Å². The molecule has 0 bridgehead atoms. The first kappa shape index (κ1) is 15.7. The molecule has 7 heteroatoms. The Kier molecular flexibility index (Phi) is 5.31. The Morgan fingerprint density at radius 1 is 1.40 bits per heavy atom. The number of benzene rings is 1. The lowest BCUT2D eigenvalue weighted by Gasteiger charge is -2.11. The Hall–Kier alpha value is -2.31. The number of hydrogen-bond donors (Lipinski definition) is 4.